The molecule has 2 aliphatic rings. The first kappa shape index (κ1) is 11.4. The fraction of sp³-hybridized carbons (Fsp3) is 0.500. The summed E-state index contributed by atoms with van der Waals surface area (Å²) in [5.74, 6) is -0.501. The summed E-state index contributed by atoms with van der Waals surface area (Å²) in [4.78, 5) is 17.8. The van der Waals surface area contributed by atoms with Crippen molar-refractivity contribution in [2.45, 2.75) is 12.6 Å². The zero-order chi connectivity index (χ0) is 12.5. The van der Waals surface area contributed by atoms with Gasteiger partial charge in [-0.1, -0.05) is 0 Å². The SMILES string of the molecule is NC(=O)c1ccc2c(n1)COCC1CNCCN21. The van der Waals surface area contributed by atoms with Crippen molar-refractivity contribution in [3.63, 3.8) is 0 Å². The summed E-state index contributed by atoms with van der Waals surface area (Å²) < 4.78 is 5.63. The van der Waals surface area contributed by atoms with Crippen molar-refractivity contribution in [2.75, 3.05) is 31.1 Å². The van der Waals surface area contributed by atoms with E-state index in [0.717, 1.165) is 31.0 Å². The molecule has 1 atom stereocenters. The molecule has 2 aliphatic heterocycles. The van der Waals surface area contributed by atoms with Crippen LogP contribution < -0.4 is 16.0 Å². The Kier molecular flexibility index (Phi) is 2.89. The van der Waals surface area contributed by atoms with E-state index in [9.17, 15) is 4.79 Å². The van der Waals surface area contributed by atoms with E-state index in [4.69, 9.17) is 10.5 Å². The van der Waals surface area contributed by atoms with Gasteiger partial charge in [0.15, 0.2) is 0 Å². The van der Waals surface area contributed by atoms with Gasteiger partial charge in [0.1, 0.15) is 5.69 Å². The van der Waals surface area contributed by atoms with Crippen LogP contribution in [0.15, 0.2) is 12.1 Å². The van der Waals surface area contributed by atoms with Crippen LogP contribution in [0, 0.1) is 0 Å². The number of piperazine rings is 1. The van der Waals surface area contributed by atoms with Gasteiger partial charge in [-0.25, -0.2) is 4.98 Å². The molecule has 3 heterocycles. The number of hydrogen-bond acceptors (Lipinski definition) is 5. The van der Waals surface area contributed by atoms with Crippen molar-refractivity contribution in [2.24, 2.45) is 5.73 Å². The molecular weight excluding hydrogens is 232 g/mol. The second kappa shape index (κ2) is 4.55. The van der Waals surface area contributed by atoms with Gasteiger partial charge in [0.2, 0.25) is 0 Å². The third-order valence-electron chi connectivity index (χ3n) is 3.41. The molecule has 6 heteroatoms. The monoisotopic (exact) mass is 248 g/mol. The number of nitrogens with one attached hydrogen (secondary N) is 1. The van der Waals surface area contributed by atoms with Crippen LogP contribution in [0.5, 0.6) is 0 Å². The van der Waals surface area contributed by atoms with E-state index < -0.39 is 5.91 Å². The maximum atomic E-state index is 11.2. The number of rotatable bonds is 1. The Bertz CT molecular complexity index is 477. The molecule has 0 radical (unpaired) electrons. The molecule has 0 saturated carbocycles. The van der Waals surface area contributed by atoms with Crippen molar-refractivity contribution in [1.82, 2.24) is 10.3 Å². The summed E-state index contributed by atoms with van der Waals surface area (Å²) in [5, 5.41) is 3.36. The minimum Gasteiger partial charge on any atom is -0.373 e. The summed E-state index contributed by atoms with van der Waals surface area (Å²) in [6.07, 6.45) is 0. The second-order valence-corrected chi connectivity index (χ2v) is 4.59. The highest BCUT2D eigenvalue weighted by Gasteiger charge is 2.28. The minimum absolute atomic E-state index is 0.297. The van der Waals surface area contributed by atoms with Gasteiger partial charge in [0.25, 0.3) is 5.91 Å². The van der Waals surface area contributed by atoms with E-state index in [-0.39, 0.29) is 0 Å². The fourth-order valence-corrected chi connectivity index (χ4v) is 2.52. The maximum absolute atomic E-state index is 11.2. The minimum atomic E-state index is -0.501. The highest BCUT2D eigenvalue weighted by Crippen LogP contribution is 2.26. The molecular formula is C12H16N4O2. The quantitative estimate of drug-likeness (QED) is 0.699. The summed E-state index contributed by atoms with van der Waals surface area (Å²) in [6.45, 7) is 3.90. The van der Waals surface area contributed by atoms with Crippen LogP contribution in [-0.4, -0.2) is 43.2 Å². The number of carbonyl (C=O) groups is 1. The van der Waals surface area contributed by atoms with Crippen LogP contribution in [0.4, 0.5) is 5.69 Å². The zero-order valence-electron chi connectivity index (χ0n) is 10.1. The molecule has 1 aromatic rings. The summed E-state index contributed by atoms with van der Waals surface area (Å²) in [5.41, 5.74) is 7.41. The molecule has 1 amide bonds. The fourth-order valence-electron chi connectivity index (χ4n) is 2.52. The second-order valence-electron chi connectivity index (χ2n) is 4.59. The average Bonchev–Trinajstić information content (AvgIpc) is 2.57. The van der Waals surface area contributed by atoms with Crippen LogP contribution in [0.2, 0.25) is 0 Å². The number of amides is 1. The summed E-state index contributed by atoms with van der Waals surface area (Å²) in [7, 11) is 0. The first-order chi connectivity index (χ1) is 8.75. The summed E-state index contributed by atoms with van der Waals surface area (Å²) in [6, 6.07) is 3.95. The number of nitrogens with two attached hydrogens (primary N) is 1. The first-order valence-electron chi connectivity index (χ1n) is 6.10. The molecule has 1 unspecified atom stereocenters. The van der Waals surface area contributed by atoms with Gasteiger partial charge in [0, 0.05) is 19.6 Å². The van der Waals surface area contributed by atoms with Crippen molar-refractivity contribution >= 4 is 11.6 Å². The Morgan fingerprint density at radius 3 is 3.28 bits per heavy atom. The standard InChI is InChI=1S/C12H16N4O2/c13-12(17)9-1-2-11-10(15-9)7-18-6-8-5-14-3-4-16(8)11/h1-2,8,14H,3-7H2,(H2,13,17). The number of anilines is 1. The number of fused-ring (bicyclic) bond motifs is 3. The number of pyridine rings is 1. The first-order valence-corrected chi connectivity index (χ1v) is 6.10. The van der Waals surface area contributed by atoms with E-state index in [1.807, 2.05) is 6.07 Å². The highest BCUT2D eigenvalue weighted by atomic mass is 16.5. The Morgan fingerprint density at radius 2 is 2.44 bits per heavy atom. The van der Waals surface area contributed by atoms with Gasteiger partial charge in [-0.3, -0.25) is 4.79 Å². The summed E-state index contributed by atoms with van der Waals surface area (Å²) >= 11 is 0. The van der Waals surface area contributed by atoms with E-state index >= 15 is 0 Å². The molecule has 0 bridgehead atoms. The van der Waals surface area contributed by atoms with Crippen LogP contribution in [0.25, 0.3) is 0 Å². The van der Waals surface area contributed by atoms with Gasteiger partial charge in [0.05, 0.1) is 30.6 Å². The topological polar surface area (TPSA) is 80.5 Å². The number of hydrogen-bond donors (Lipinski definition) is 2. The lowest BCUT2D eigenvalue weighted by Gasteiger charge is -2.36. The highest BCUT2D eigenvalue weighted by molar-refractivity contribution is 5.91. The number of primary amides is 1. The van der Waals surface area contributed by atoms with Gasteiger partial charge in [-0.15, -0.1) is 0 Å². The van der Waals surface area contributed by atoms with Crippen molar-refractivity contribution < 1.29 is 9.53 Å². The molecule has 18 heavy (non-hydrogen) atoms. The largest absolute Gasteiger partial charge is 0.373 e. The molecule has 1 saturated heterocycles. The van der Waals surface area contributed by atoms with Gasteiger partial charge in [-0.2, -0.15) is 0 Å². The van der Waals surface area contributed by atoms with Crippen LogP contribution in [0.3, 0.4) is 0 Å². The third-order valence-corrected chi connectivity index (χ3v) is 3.41. The lowest BCUT2D eigenvalue weighted by Crippen LogP contribution is -2.53. The van der Waals surface area contributed by atoms with Crippen LogP contribution in [-0.2, 0) is 11.3 Å². The molecule has 6 nitrogen and oxygen atoms in total. The molecule has 3 rings (SSSR count). The molecule has 0 aliphatic carbocycles. The van der Waals surface area contributed by atoms with Crippen LogP contribution >= 0.6 is 0 Å². The third kappa shape index (κ3) is 1.93. The Hall–Kier alpha value is -1.66. The number of aromatic nitrogens is 1. The average molecular weight is 248 g/mol. The van der Waals surface area contributed by atoms with E-state index in [1.165, 1.54) is 0 Å². The lowest BCUT2D eigenvalue weighted by molar-refractivity contribution is 0.0990. The molecule has 0 spiro atoms. The zero-order valence-corrected chi connectivity index (χ0v) is 10.1. The Labute approximate surface area is 105 Å². The van der Waals surface area contributed by atoms with Crippen molar-refractivity contribution in [3.8, 4) is 0 Å². The van der Waals surface area contributed by atoms with E-state index in [1.54, 1.807) is 6.07 Å². The van der Waals surface area contributed by atoms with Gasteiger partial charge >= 0.3 is 0 Å². The van der Waals surface area contributed by atoms with Crippen LogP contribution in [0.1, 0.15) is 16.2 Å². The molecule has 1 aromatic heterocycles. The van der Waals surface area contributed by atoms with Crippen molar-refractivity contribution in [3.05, 3.63) is 23.5 Å². The smallest absolute Gasteiger partial charge is 0.267 e. The predicted molar refractivity (Wildman–Crippen MR) is 66.4 cm³/mol. The molecule has 0 aromatic carbocycles. The lowest BCUT2D eigenvalue weighted by atomic mass is 10.1. The van der Waals surface area contributed by atoms with Gasteiger partial charge < -0.3 is 20.7 Å². The molecule has 1 fully saturated rings. The van der Waals surface area contributed by atoms with Crippen molar-refractivity contribution in [1.29, 1.82) is 0 Å². The van der Waals surface area contributed by atoms with E-state index in [2.05, 4.69) is 15.2 Å². The maximum Gasteiger partial charge on any atom is 0.267 e. The van der Waals surface area contributed by atoms with E-state index in [0.29, 0.717) is 24.9 Å². The number of ether oxygens (including phenoxy) is 1. The van der Waals surface area contributed by atoms with Gasteiger partial charge in [-0.05, 0) is 12.1 Å². The Balaban J connectivity index is 1.99. The molecule has 96 valence electrons. The predicted octanol–water partition coefficient (Wildman–Crippen LogP) is -0.511. The molecule has 3 N–H and O–H groups in total. The normalized spacial score (nSPS) is 22.9. The number of carbonyl (C=O) groups excluding carboxylic acids is 1. The number of nitrogens with zero attached hydrogens (tertiary/aromatic N) is 2. The Morgan fingerprint density at radius 1 is 1.56 bits per heavy atom.